The Kier molecular flexibility index (Phi) is 5.43. The van der Waals surface area contributed by atoms with Gasteiger partial charge in [-0.1, -0.05) is 11.6 Å². The smallest absolute Gasteiger partial charge is 0.302 e. The van der Waals surface area contributed by atoms with Crippen molar-refractivity contribution in [2.24, 2.45) is 0 Å². The lowest BCUT2D eigenvalue weighted by atomic mass is 10.2. The van der Waals surface area contributed by atoms with Gasteiger partial charge in [-0.25, -0.2) is 0 Å². The second kappa shape index (κ2) is 5.81. The molecule has 0 aliphatic carbocycles. The number of hydrogen-bond donors (Lipinski definition) is 0. The van der Waals surface area contributed by atoms with Crippen molar-refractivity contribution in [3.63, 3.8) is 0 Å². The molecule has 0 aromatic rings. The monoisotopic (exact) mass is 170 g/mol. The molecule has 0 heterocycles. The van der Waals surface area contributed by atoms with Gasteiger partial charge in [-0.2, -0.15) is 0 Å². The number of rotatable bonds is 4. The van der Waals surface area contributed by atoms with Gasteiger partial charge in [0.25, 0.3) is 0 Å². The van der Waals surface area contributed by atoms with Gasteiger partial charge in [0.1, 0.15) is 0 Å². The molecule has 70 valence electrons. The van der Waals surface area contributed by atoms with E-state index in [0.29, 0.717) is 0 Å². The summed E-state index contributed by atoms with van der Waals surface area (Å²) in [5, 5.41) is 0. The van der Waals surface area contributed by atoms with Crippen LogP contribution < -0.4 is 0 Å². The maximum Gasteiger partial charge on any atom is 0.302 e. The first kappa shape index (κ1) is 11.2. The summed E-state index contributed by atoms with van der Waals surface area (Å²) in [6.45, 7) is 7.49. The summed E-state index contributed by atoms with van der Waals surface area (Å²) < 4.78 is 4.96. The minimum Gasteiger partial charge on any atom is -0.463 e. The van der Waals surface area contributed by atoms with Crippen molar-refractivity contribution in [2.75, 3.05) is 0 Å². The van der Waals surface area contributed by atoms with Gasteiger partial charge in [0, 0.05) is 6.92 Å². The molecule has 0 radical (unpaired) electrons. The minimum absolute atomic E-state index is 0.0399. The first-order valence-corrected chi connectivity index (χ1v) is 4.33. The zero-order valence-corrected chi connectivity index (χ0v) is 8.39. The average molecular weight is 170 g/mol. The number of ether oxygens (including phenoxy) is 1. The lowest BCUT2D eigenvalue weighted by molar-refractivity contribution is -0.145. The lowest BCUT2D eigenvalue weighted by Gasteiger charge is -2.09. The second-order valence-electron chi connectivity index (χ2n) is 3.28. The highest BCUT2D eigenvalue weighted by Gasteiger charge is 2.02. The van der Waals surface area contributed by atoms with Crippen LogP contribution in [0.1, 0.15) is 40.5 Å². The molecule has 0 spiro atoms. The molecule has 0 fully saturated rings. The molecule has 0 saturated heterocycles. The minimum atomic E-state index is -0.195. The van der Waals surface area contributed by atoms with E-state index in [4.69, 9.17) is 4.74 Å². The third kappa shape index (κ3) is 7.32. The molecule has 2 heteroatoms. The molecule has 0 amide bonds. The van der Waals surface area contributed by atoms with Gasteiger partial charge in [-0.15, -0.1) is 0 Å². The molecule has 0 aliphatic rings. The summed E-state index contributed by atoms with van der Waals surface area (Å²) in [4.78, 5) is 10.5. The molecule has 0 bridgehead atoms. The van der Waals surface area contributed by atoms with E-state index in [1.165, 1.54) is 12.5 Å². The van der Waals surface area contributed by atoms with E-state index in [2.05, 4.69) is 19.9 Å². The Balaban J connectivity index is 3.50. The third-order valence-corrected chi connectivity index (χ3v) is 1.49. The molecule has 0 rings (SSSR count). The van der Waals surface area contributed by atoms with Crippen LogP contribution in [0.15, 0.2) is 11.6 Å². The first-order chi connectivity index (χ1) is 5.52. The van der Waals surface area contributed by atoms with Gasteiger partial charge in [0.05, 0.1) is 6.10 Å². The highest BCUT2D eigenvalue weighted by Crippen LogP contribution is 2.04. The summed E-state index contributed by atoms with van der Waals surface area (Å²) in [5.74, 6) is -0.195. The van der Waals surface area contributed by atoms with Crippen LogP contribution in [0.4, 0.5) is 0 Å². The molecule has 12 heavy (non-hydrogen) atoms. The van der Waals surface area contributed by atoms with Crippen molar-refractivity contribution >= 4 is 5.97 Å². The summed E-state index contributed by atoms with van der Waals surface area (Å²) in [6.07, 6.45) is 4.08. The molecule has 0 unspecified atom stereocenters. The summed E-state index contributed by atoms with van der Waals surface area (Å²) in [5.41, 5.74) is 1.31. The van der Waals surface area contributed by atoms with Crippen LogP contribution in [0.25, 0.3) is 0 Å². The van der Waals surface area contributed by atoms with Crippen LogP contribution in [-0.2, 0) is 9.53 Å². The maximum absolute atomic E-state index is 10.5. The Bertz CT molecular complexity index is 167. The topological polar surface area (TPSA) is 26.3 Å². The zero-order chi connectivity index (χ0) is 9.56. The van der Waals surface area contributed by atoms with Crippen LogP contribution in [0.5, 0.6) is 0 Å². The fourth-order valence-electron chi connectivity index (χ4n) is 0.949. The molecule has 0 aliphatic heterocycles. The fraction of sp³-hybridized carbons (Fsp3) is 0.700. The average Bonchev–Trinajstić information content (AvgIpc) is 1.84. The van der Waals surface area contributed by atoms with E-state index in [0.717, 1.165) is 12.8 Å². The van der Waals surface area contributed by atoms with Gasteiger partial charge in [0.15, 0.2) is 0 Å². The van der Waals surface area contributed by atoms with Crippen molar-refractivity contribution in [1.29, 1.82) is 0 Å². The second-order valence-corrected chi connectivity index (χ2v) is 3.28. The van der Waals surface area contributed by atoms with Gasteiger partial charge in [-0.05, 0) is 33.6 Å². The molecule has 0 saturated carbocycles. The Morgan fingerprint density at radius 3 is 2.42 bits per heavy atom. The molecule has 0 N–H and O–H groups in total. The van der Waals surface area contributed by atoms with E-state index >= 15 is 0 Å². The largest absolute Gasteiger partial charge is 0.463 e. The number of carbonyl (C=O) groups excluding carboxylic acids is 1. The Labute approximate surface area is 74.6 Å². The van der Waals surface area contributed by atoms with E-state index in [9.17, 15) is 4.79 Å². The summed E-state index contributed by atoms with van der Waals surface area (Å²) in [7, 11) is 0. The normalized spacial score (nSPS) is 12.0. The van der Waals surface area contributed by atoms with Gasteiger partial charge < -0.3 is 4.74 Å². The predicted octanol–water partition coefficient (Wildman–Crippen LogP) is 2.68. The summed E-state index contributed by atoms with van der Waals surface area (Å²) in [6, 6.07) is 0. The highest BCUT2D eigenvalue weighted by molar-refractivity contribution is 5.66. The molecule has 2 nitrogen and oxygen atoms in total. The highest BCUT2D eigenvalue weighted by atomic mass is 16.5. The zero-order valence-electron chi connectivity index (χ0n) is 8.39. The van der Waals surface area contributed by atoms with Crippen molar-refractivity contribution in [2.45, 2.75) is 46.6 Å². The number of esters is 1. The van der Waals surface area contributed by atoms with Crippen LogP contribution in [0, 0.1) is 0 Å². The first-order valence-electron chi connectivity index (χ1n) is 4.33. The van der Waals surface area contributed by atoms with Crippen molar-refractivity contribution < 1.29 is 9.53 Å². The van der Waals surface area contributed by atoms with E-state index in [1.54, 1.807) is 0 Å². The van der Waals surface area contributed by atoms with E-state index in [-0.39, 0.29) is 12.1 Å². The number of hydrogen-bond acceptors (Lipinski definition) is 2. The van der Waals surface area contributed by atoms with Crippen molar-refractivity contribution in [1.82, 2.24) is 0 Å². The molecule has 0 aromatic heterocycles. The van der Waals surface area contributed by atoms with Gasteiger partial charge in [0.2, 0.25) is 0 Å². The lowest BCUT2D eigenvalue weighted by Crippen LogP contribution is -2.11. The molecular weight excluding hydrogens is 152 g/mol. The van der Waals surface area contributed by atoms with Crippen LogP contribution in [-0.4, -0.2) is 12.1 Å². The van der Waals surface area contributed by atoms with Crippen LogP contribution in [0.3, 0.4) is 0 Å². The fourth-order valence-corrected chi connectivity index (χ4v) is 0.949. The van der Waals surface area contributed by atoms with E-state index in [1.807, 2.05) is 6.92 Å². The molecule has 1 atom stereocenters. The number of carbonyl (C=O) groups is 1. The van der Waals surface area contributed by atoms with Gasteiger partial charge >= 0.3 is 5.97 Å². The summed E-state index contributed by atoms with van der Waals surface area (Å²) >= 11 is 0. The third-order valence-electron chi connectivity index (χ3n) is 1.49. The Morgan fingerprint density at radius 2 is 2.00 bits per heavy atom. The maximum atomic E-state index is 10.5. The van der Waals surface area contributed by atoms with E-state index < -0.39 is 0 Å². The quantitative estimate of drug-likeness (QED) is 0.479. The SMILES string of the molecule is CC(=O)O[C@H](C)CCC=C(C)C. The van der Waals surface area contributed by atoms with Gasteiger partial charge in [-0.3, -0.25) is 4.79 Å². The Morgan fingerprint density at radius 1 is 1.42 bits per heavy atom. The standard InChI is InChI=1S/C10H18O2/c1-8(2)6-5-7-9(3)12-10(4)11/h6,9H,5,7H2,1-4H3/t9-/m1/s1. The van der Waals surface area contributed by atoms with Crippen LogP contribution >= 0.6 is 0 Å². The predicted molar refractivity (Wildman–Crippen MR) is 49.9 cm³/mol. The number of allylic oxidation sites excluding steroid dienone is 2. The van der Waals surface area contributed by atoms with Crippen molar-refractivity contribution in [3.8, 4) is 0 Å². The van der Waals surface area contributed by atoms with Crippen molar-refractivity contribution in [3.05, 3.63) is 11.6 Å². The molecule has 0 aromatic carbocycles. The molecular formula is C10H18O2. The Hall–Kier alpha value is -0.790. The van der Waals surface area contributed by atoms with Crippen LogP contribution in [0.2, 0.25) is 0 Å².